The van der Waals surface area contributed by atoms with Crippen molar-refractivity contribution in [3.05, 3.63) is 92.4 Å². The Morgan fingerprint density at radius 3 is 2.48 bits per heavy atom. The van der Waals surface area contributed by atoms with Crippen LogP contribution in [0.5, 0.6) is 11.5 Å². The summed E-state index contributed by atoms with van der Waals surface area (Å²) in [6, 6.07) is 20.6. The Morgan fingerprint density at radius 1 is 1.00 bits per heavy atom. The van der Waals surface area contributed by atoms with E-state index in [0.29, 0.717) is 23.7 Å². The van der Waals surface area contributed by atoms with Crippen LogP contribution < -0.4 is 14.9 Å². The minimum absolute atomic E-state index is 0.368. The average Bonchev–Trinajstić information content (AvgIpc) is 2.74. The van der Waals surface area contributed by atoms with Gasteiger partial charge in [0, 0.05) is 14.5 Å². The van der Waals surface area contributed by atoms with Crippen molar-refractivity contribution < 1.29 is 14.3 Å². The van der Waals surface area contributed by atoms with Gasteiger partial charge in [0.05, 0.1) is 18.9 Å². The lowest BCUT2D eigenvalue weighted by atomic mass is 10.2. The SMILES string of the molecule is COc1ccc(Br)cc1C(=O)NN=Cc1ccccc1OCc1ccc(Br)cc1. The largest absolute Gasteiger partial charge is 0.496 e. The molecule has 1 amide bonds. The monoisotopic (exact) mass is 516 g/mol. The summed E-state index contributed by atoms with van der Waals surface area (Å²) in [4.78, 5) is 12.4. The summed E-state index contributed by atoms with van der Waals surface area (Å²) in [5.74, 6) is 0.778. The van der Waals surface area contributed by atoms with E-state index in [1.54, 1.807) is 24.4 Å². The van der Waals surface area contributed by atoms with Gasteiger partial charge in [0.2, 0.25) is 0 Å². The van der Waals surface area contributed by atoms with Crippen LogP contribution in [0.1, 0.15) is 21.5 Å². The van der Waals surface area contributed by atoms with Gasteiger partial charge < -0.3 is 9.47 Å². The second-order valence-electron chi connectivity index (χ2n) is 6.00. The van der Waals surface area contributed by atoms with Crippen LogP contribution in [0.2, 0.25) is 0 Å². The number of hydrazone groups is 1. The van der Waals surface area contributed by atoms with Crippen LogP contribution in [0.4, 0.5) is 0 Å². The van der Waals surface area contributed by atoms with Crippen molar-refractivity contribution in [2.75, 3.05) is 7.11 Å². The maximum absolute atomic E-state index is 12.4. The maximum Gasteiger partial charge on any atom is 0.275 e. The fourth-order valence-electron chi connectivity index (χ4n) is 2.54. The predicted octanol–water partition coefficient (Wildman–Crippen LogP) is 5.56. The number of carbonyl (C=O) groups is 1. The summed E-state index contributed by atoms with van der Waals surface area (Å²) in [6.45, 7) is 0.430. The Balaban J connectivity index is 1.67. The van der Waals surface area contributed by atoms with Crippen molar-refractivity contribution in [2.24, 2.45) is 5.10 Å². The predicted molar refractivity (Wildman–Crippen MR) is 121 cm³/mol. The molecule has 1 N–H and O–H groups in total. The highest BCUT2D eigenvalue weighted by molar-refractivity contribution is 9.10. The first kappa shape index (κ1) is 21.1. The number of hydrogen-bond acceptors (Lipinski definition) is 4. The van der Waals surface area contributed by atoms with Gasteiger partial charge in [-0.2, -0.15) is 5.10 Å². The number of ether oxygens (including phenoxy) is 2. The molecule has 29 heavy (non-hydrogen) atoms. The normalized spacial score (nSPS) is 10.7. The molecule has 5 nitrogen and oxygen atoms in total. The zero-order chi connectivity index (χ0) is 20.6. The van der Waals surface area contributed by atoms with Crippen LogP contribution in [-0.2, 0) is 6.61 Å². The van der Waals surface area contributed by atoms with Gasteiger partial charge in [0.15, 0.2) is 0 Å². The molecule has 0 aliphatic heterocycles. The Bertz CT molecular complexity index is 1020. The minimum atomic E-state index is -0.368. The number of nitrogens with zero attached hydrogens (tertiary/aromatic N) is 1. The van der Waals surface area contributed by atoms with Gasteiger partial charge in [-0.1, -0.05) is 56.1 Å². The van der Waals surface area contributed by atoms with Gasteiger partial charge in [0.1, 0.15) is 18.1 Å². The summed E-state index contributed by atoms with van der Waals surface area (Å²) in [7, 11) is 1.52. The summed E-state index contributed by atoms with van der Waals surface area (Å²) in [5.41, 5.74) is 4.72. The molecular weight excluding hydrogens is 500 g/mol. The van der Waals surface area contributed by atoms with Crippen molar-refractivity contribution in [1.82, 2.24) is 5.43 Å². The van der Waals surface area contributed by atoms with E-state index in [9.17, 15) is 4.79 Å². The Labute approximate surface area is 186 Å². The number of benzene rings is 3. The van der Waals surface area contributed by atoms with Crippen molar-refractivity contribution in [1.29, 1.82) is 0 Å². The quantitative estimate of drug-likeness (QED) is 0.329. The second kappa shape index (κ2) is 10.2. The lowest BCUT2D eigenvalue weighted by molar-refractivity contribution is 0.0952. The molecule has 0 heterocycles. The molecule has 0 atom stereocenters. The molecule has 0 bridgehead atoms. The van der Waals surface area contributed by atoms with Crippen LogP contribution in [-0.4, -0.2) is 19.2 Å². The van der Waals surface area contributed by atoms with E-state index in [2.05, 4.69) is 42.4 Å². The number of halogens is 2. The third kappa shape index (κ3) is 5.92. The van der Waals surface area contributed by atoms with Crippen LogP contribution in [0.25, 0.3) is 0 Å². The molecule has 0 saturated heterocycles. The number of methoxy groups -OCH3 is 1. The van der Waals surface area contributed by atoms with E-state index < -0.39 is 0 Å². The van der Waals surface area contributed by atoms with Gasteiger partial charge in [0.25, 0.3) is 5.91 Å². The van der Waals surface area contributed by atoms with Crippen LogP contribution >= 0.6 is 31.9 Å². The van der Waals surface area contributed by atoms with Gasteiger partial charge in [-0.25, -0.2) is 5.43 Å². The number of para-hydroxylation sites is 1. The van der Waals surface area contributed by atoms with Crippen molar-refractivity contribution >= 4 is 44.0 Å². The number of nitrogens with one attached hydrogen (secondary N) is 1. The Morgan fingerprint density at radius 2 is 1.72 bits per heavy atom. The van der Waals surface area contributed by atoms with E-state index in [1.165, 1.54) is 7.11 Å². The molecule has 0 radical (unpaired) electrons. The molecule has 0 saturated carbocycles. The minimum Gasteiger partial charge on any atom is -0.496 e. The molecular formula is C22H18Br2N2O3. The highest BCUT2D eigenvalue weighted by Crippen LogP contribution is 2.23. The summed E-state index contributed by atoms with van der Waals surface area (Å²) >= 11 is 6.78. The summed E-state index contributed by atoms with van der Waals surface area (Å²) in [6.07, 6.45) is 1.55. The lowest BCUT2D eigenvalue weighted by Gasteiger charge is -2.09. The molecule has 3 rings (SSSR count). The zero-order valence-electron chi connectivity index (χ0n) is 15.6. The zero-order valence-corrected chi connectivity index (χ0v) is 18.7. The Kier molecular flexibility index (Phi) is 7.43. The molecule has 0 aliphatic carbocycles. The van der Waals surface area contributed by atoms with Crippen LogP contribution in [0.3, 0.4) is 0 Å². The van der Waals surface area contributed by atoms with Gasteiger partial charge in [-0.3, -0.25) is 4.79 Å². The van der Waals surface area contributed by atoms with Crippen molar-refractivity contribution in [3.63, 3.8) is 0 Å². The first-order valence-corrected chi connectivity index (χ1v) is 10.3. The maximum atomic E-state index is 12.4. The van der Waals surface area contributed by atoms with Gasteiger partial charge in [-0.05, 0) is 48.0 Å². The van der Waals surface area contributed by atoms with Crippen LogP contribution in [0, 0.1) is 0 Å². The molecule has 148 valence electrons. The third-order valence-corrected chi connectivity index (χ3v) is 5.02. The molecule has 0 spiro atoms. The first-order valence-electron chi connectivity index (χ1n) is 8.70. The van der Waals surface area contributed by atoms with Crippen molar-refractivity contribution in [2.45, 2.75) is 6.61 Å². The molecule has 0 aromatic heterocycles. The van der Waals surface area contributed by atoms with E-state index in [1.807, 2.05) is 48.5 Å². The number of hydrogen-bond donors (Lipinski definition) is 1. The molecule has 7 heteroatoms. The molecule has 3 aromatic rings. The van der Waals surface area contributed by atoms with E-state index in [-0.39, 0.29) is 5.91 Å². The fraction of sp³-hybridized carbons (Fsp3) is 0.0909. The summed E-state index contributed by atoms with van der Waals surface area (Å²) < 4.78 is 12.9. The van der Waals surface area contributed by atoms with Gasteiger partial charge in [-0.15, -0.1) is 0 Å². The summed E-state index contributed by atoms with van der Waals surface area (Å²) in [5, 5.41) is 4.07. The van der Waals surface area contributed by atoms with Gasteiger partial charge >= 0.3 is 0 Å². The topological polar surface area (TPSA) is 59.9 Å². The van der Waals surface area contributed by atoms with E-state index in [0.717, 1.165) is 20.1 Å². The molecule has 3 aromatic carbocycles. The standard InChI is InChI=1S/C22H18Br2N2O3/c1-28-21-11-10-18(24)12-19(21)22(27)26-25-13-16-4-2-3-5-20(16)29-14-15-6-8-17(23)9-7-15/h2-13H,14H2,1H3,(H,26,27). The lowest BCUT2D eigenvalue weighted by Crippen LogP contribution is -2.18. The van der Waals surface area contributed by atoms with Crippen LogP contribution in [0.15, 0.2) is 80.8 Å². The number of rotatable bonds is 7. The fourth-order valence-corrected chi connectivity index (χ4v) is 3.16. The third-order valence-electron chi connectivity index (χ3n) is 4.00. The highest BCUT2D eigenvalue weighted by Gasteiger charge is 2.12. The first-order chi connectivity index (χ1) is 14.1. The number of amides is 1. The molecule has 0 aliphatic rings. The molecule has 0 unspecified atom stereocenters. The smallest absolute Gasteiger partial charge is 0.275 e. The van der Waals surface area contributed by atoms with E-state index in [4.69, 9.17) is 9.47 Å². The Hall–Kier alpha value is -2.64. The molecule has 0 fully saturated rings. The van der Waals surface area contributed by atoms with E-state index >= 15 is 0 Å². The number of carbonyl (C=O) groups excluding carboxylic acids is 1. The van der Waals surface area contributed by atoms with Crippen molar-refractivity contribution in [3.8, 4) is 11.5 Å². The highest BCUT2D eigenvalue weighted by atomic mass is 79.9. The average molecular weight is 518 g/mol. The second-order valence-corrected chi connectivity index (χ2v) is 7.83.